The van der Waals surface area contributed by atoms with Gasteiger partial charge in [-0.2, -0.15) is 9.78 Å². The molecule has 0 aliphatic heterocycles. The Hall–Kier alpha value is -3.01. The molecule has 0 atom stereocenters. The Morgan fingerprint density at radius 2 is 2.11 bits per heavy atom. The molecule has 0 aliphatic carbocycles. The van der Waals surface area contributed by atoms with Crippen LogP contribution in [0.1, 0.15) is 34.5 Å². The first-order valence-corrected chi connectivity index (χ1v) is 8.89. The van der Waals surface area contributed by atoms with Gasteiger partial charge in [-0.15, -0.1) is 0 Å². The number of allylic oxidation sites excluding steroid dienone is 1. The first-order chi connectivity index (χ1) is 12.9. The summed E-state index contributed by atoms with van der Waals surface area (Å²) >= 11 is 3.10. The van der Waals surface area contributed by atoms with Crippen molar-refractivity contribution in [2.24, 2.45) is 0 Å². The molecule has 0 fully saturated rings. The summed E-state index contributed by atoms with van der Waals surface area (Å²) in [7, 11) is 0. The van der Waals surface area contributed by atoms with E-state index in [1.165, 1.54) is 17.0 Å². The van der Waals surface area contributed by atoms with E-state index in [-0.39, 0.29) is 18.1 Å². The molecule has 0 aliphatic rings. The third-order valence-corrected chi connectivity index (χ3v) is 4.37. The first kappa shape index (κ1) is 18.8. The number of carbonyl (C=O) groups is 1. The number of hydrogen-bond donors (Lipinski definition) is 0. The number of rotatable bonds is 7. The summed E-state index contributed by atoms with van der Waals surface area (Å²) in [5.74, 6) is 0.647. The fourth-order valence-electron chi connectivity index (χ4n) is 2.49. The lowest BCUT2D eigenvalue weighted by Crippen LogP contribution is -2.00. The number of aromatic nitrogens is 4. The van der Waals surface area contributed by atoms with Gasteiger partial charge in [0, 0.05) is 12.7 Å². The highest BCUT2D eigenvalue weighted by molar-refractivity contribution is 9.10. The van der Waals surface area contributed by atoms with Crippen LogP contribution in [0.15, 0.2) is 39.5 Å². The zero-order valence-corrected chi connectivity index (χ0v) is 16.2. The topological polar surface area (TPSA) is 109 Å². The zero-order chi connectivity index (χ0) is 19.6. The molecular weight excluding hydrogens is 418 g/mol. The van der Waals surface area contributed by atoms with E-state index in [4.69, 9.17) is 4.42 Å². The summed E-state index contributed by atoms with van der Waals surface area (Å²) in [6.07, 6.45) is 6.24. The van der Waals surface area contributed by atoms with Crippen LogP contribution in [0, 0.1) is 17.0 Å². The number of aryl methyl sites for hydroxylation is 2. The van der Waals surface area contributed by atoms with Gasteiger partial charge in [0.05, 0.1) is 22.6 Å². The molecule has 0 amide bonds. The molecule has 0 saturated heterocycles. The number of furan rings is 1. The molecule has 0 bridgehead atoms. The highest BCUT2D eigenvalue weighted by Crippen LogP contribution is 2.23. The largest absolute Gasteiger partial charge is 0.460 e. The number of nitro groups is 1. The van der Waals surface area contributed by atoms with Crippen LogP contribution < -0.4 is 0 Å². The Labute approximate surface area is 162 Å². The summed E-state index contributed by atoms with van der Waals surface area (Å²) in [4.78, 5) is 22.6. The second-order valence-electron chi connectivity index (χ2n) is 5.74. The van der Waals surface area contributed by atoms with Crippen molar-refractivity contribution in [3.8, 4) is 0 Å². The van der Waals surface area contributed by atoms with Crippen molar-refractivity contribution in [1.29, 1.82) is 0 Å². The van der Waals surface area contributed by atoms with Gasteiger partial charge in [0.1, 0.15) is 22.5 Å². The van der Waals surface area contributed by atoms with E-state index in [9.17, 15) is 14.9 Å². The molecule has 10 heteroatoms. The molecule has 3 rings (SSSR count). The molecule has 0 saturated carbocycles. The lowest BCUT2D eigenvalue weighted by atomic mass is 10.1. The maximum absolute atomic E-state index is 12.3. The molecular formula is C17H16BrN5O4. The molecule has 0 N–H and O–H groups in total. The quantitative estimate of drug-likeness (QED) is 0.243. The normalized spacial score (nSPS) is 11.4. The molecule has 140 valence electrons. The molecule has 9 nitrogen and oxygen atoms in total. The van der Waals surface area contributed by atoms with Gasteiger partial charge in [0.15, 0.2) is 5.78 Å². The number of hydrogen-bond acceptors (Lipinski definition) is 6. The van der Waals surface area contributed by atoms with Crippen molar-refractivity contribution >= 4 is 33.6 Å². The number of nitrogens with zero attached hydrogens (tertiary/aromatic N) is 5. The Bertz CT molecular complexity index is 1030. The van der Waals surface area contributed by atoms with E-state index in [2.05, 4.69) is 26.1 Å². The molecule has 0 radical (unpaired) electrons. The van der Waals surface area contributed by atoms with Crippen LogP contribution in [0.2, 0.25) is 0 Å². The van der Waals surface area contributed by atoms with Crippen molar-refractivity contribution in [2.45, 2.75) is 26.9 Å². The molecule has 3 heterocycles. The van der Waals surface area contributed by atoms with Gasteiger partial charge in [0.2, 0.25) is 0 Å². The van der Waals surface area contributed by atoms with Crippen LogP contribution >= 0.6 is 15.9 Å². The highest BCUT2D eigenvalue weighted by Gasteiger charge is 2.19. The van der Waals surface area contributed by atoms with E-state index < -0.39 is 4.92 Å². The van der Waals surface area contributed by atoms with Crippen molar-refractivity contribution in [1.82, 2.24) is 19.6 Å². The van der Waals surface area contributed by atoms with E-state index in [1.807, 2.05) is 6.92 Å². The summed E-state index contributed by atoms with van der Waals surface area (Å²) in [5.41, 5.74) is 1.23. The fourth-order valence-corrected chi connectivity index (χ4v) is 2.95. The minimum atomic E-state index is -0.564. The Kier molecular flexibility index (Phi) is 5.36. The lowest BCUT2D eigenvalue weighted by Gasteiger charge is -1.93. The van der Waals surface area contributed by atoms with Gasteiger partial charge in [-0.3, -0.25) is 9.48 Å². The van der Waals surface area contributed by atoms with Gasteiger partial charge >= 0.3 is 5.82 Å². The Morgan fingerprint density at radius 3 is 2.74 bits per heavy atom. The van der Waals surface area contributed by atoms with Crippen molar-refractivity contribution < 1.29 is 14.1 Å². The second kappa shape index (κ2) is 7.70. The maximum atomic E-state index is 12.3. The summed E-state index contributed by atoms with van der Waals surface area (Å²) in [6.45, 7) is 4.67. The smallest absolute Gasteiger partial charge is 0.404 e. The molecule has 27 heavy (non-hydrogen) atoms. The van der Waals surface area contributed by atoms with Crippen LogP contribution in [0.3, 0.4) is 0 Å². The lowest BCUT2D eigenvalue weighted by molar-refractivity contribution is -0.390. The monoisotopic (exact) mass is 433 g/mol. The Morgan fingerprint density at radius 1 is 1.33 bits per heavy atom. The van der Waals surface area contributed by atoms with E-state index in [0.717, 1.165) is 0 Å². The van der Waals surface area contributed by atoms with E-state index >= 15 is 0 Å². The van der Waals surface area contributed by atoms with Crippen molar-refractivity contribution in [3.05, 3.63) is 68.0 Å². The Balaban J connectivity index is 1.69. The van der Waals surface area contributed by atoms with Gasteiger partial charge in [-0.25, -0.2) is 0 Å². The first-order valence-electron chi connectivity index (χ1n) is 8.10. The number of ketones is 1. The van der Waals surface area contributed by atoms with Gasteiger partial charge in [0.25, 0.3) is 0 Å². The zero-order valence-electron chi connectivity index (χ0n) is 14.6. The highest BCUT2D eigenvalue weighted by atomic mass is 79.9. The minimum absolute atomic E-state index is 0.156. The predicted octanol–water partition coefficient (Wildman–Crippen LogP) is 3.62. The summed E-state index contributed by atoms with van der Waals surface area (Å²) in [5, 5.41) is 19.0. The summed E-state index contributed by atoms with van der Waals surface area (Å²) in [6, 6.07) is 3.44. The van der Waals surface area contributed by atoms with Gasteiger partial charge < -0.3 is 14.5 Å². The van der Waals surface area contributed by atoms with Gasteiger partial charge in [-0.1, -0.05) is 0 Å². The second-order valence-corrected chi connectivity index (χ2v) is 6.60. The molecule has 0 aromatic carbocycles. The average Bonchev–Trinajstić information content (AvgIpc) is 3.32. The van der Waals surface area contributed by atoms with Crippen molar-refractivity contribution in [3.63, 3.8) is 0 Å². The fraction of sp³-hybridized carbons (Fsp3) is 0.235. The number of halogens is 1. The van der Waals surface area contributed by atoms with Crippen LogP contribution in [0.4, 0.5) is 5.82 Å². The van der Waals surface area contributed by atoms with Crippen LogP contribution in [0.5, 0.6) is 0 Å². The molecule has 0 unspecified atom stereocenters. The standard InChI is InChI=1S/C17H16BrN5O4/c1-3-21-9-14(11(2)19-21)16(24)7-6-12-4-5-13(27-12)8-22-10-15(18)17(20-22)23(25)26/h4-7,9-10H,3,8H2,1-2H3/b7-6+. The van der Waals surface area contributed by atoms with E-state index in [1.54, 1.807) is 36.0 Å². The van der Waals surface area contributed by atoms with Crippen molar-refractivity contribution in [2.75, 3.05) is 0 Å². The van der Waals surface area contributed by atoms with Crippen LogP contribution in [-0.4, -0.2) is 30.3 Å². The number of carbonyl (C=O) groups excluding carboxylic acids is 1. The SMILES string of the molecule is CCn1cc(C(=O)/C=C/c2ccc(Cn3cc(Br)c([N+](=O)[O-])n3)o2)c(C)n1. The average molecular weight is 434 g/mol. The summed E-state index contributed by atoms with van der Waals surface area (Å²) < 4.78 is 9.05. The molecule has 3 aromatic rings. The third-order valence-electron chi connectivity index (χ3n) is 3.81. The third kappa shape index (κ3) is 4.22. The van der Waals surface area contributed by atoms with Crippen LogP contribution in [-0.2, 0) is 13.1 Å². The van der Waals surface area contributed by atoms with Gasteiger partial charge in [-0.05, 0) is 59.0 Å². The van der Waals surface area contributed by atoms with E-state index in [0.29, 0.717) is 33.8 Å². The van der Waals surface area contributed by atoms with Crippen LogP contribution in [0.25, 0.3) is 6.08 Å². The molecule has 0 spiro atoms. The predicted molar refractivity (Wildman–Crippen MR) is 100 cm³/mol. The maximum Gasteiger partial charge on any atom is 0.404 e. The minimum Gasteiger partial charge on any atom is -0.460 e. The molecule has 3 aromatic heterocycles.